The molecule has 0 atom stereocenters. The molecule has 4 nitrogen and oxygen atoms in total. The number of nitrogens with zero attached hydrogens (tertiary/aromatic N) is 2. The Hall–Kier alpha value is -1.32. The Balaban J connectivity index is 2.05. The molecule has 0 unspecified atom stereocenters. The molecular formula is C10H14N2O2. The molecule has 0 aromatic carbocycles. The predicted octanol–water partition coefficient (Wildman–Crippen LogP) is 1.78. The summed E-state index contributed by atoms with van der Waals surface area (Å²) in [5.41, 5.74) is 0.416. The molecule has 76 valence electrons. The maximum absolute atomic E-state index is 11.3. The lowest BCUT2D eigenvalue weighted by Gasteiger charge is -2.25. The fraction of sp³-hybridized carbons (Fsp3) is 0.600. The van der Waals surface area contributed by atoms with E-state index in [1.165, 1.54) is 19.3 Å². The van der Waals surface area contributed by atoms with Crippen molar-refractivity contribution in [1.82, 2.24) is 9.78 Å². The Bertz CT molecular complexity index is 329. The second-order valence-electron chi connectivity index (χ2n) is 3.49. The van der Waals surface area contributed by atoms with Crippen LogP contribution in [0.3, 0.4) is 0 Å². The molecule has 1 aliphatic carbocycles. The number of hydrogen-bond donors (Lipinski definition) is 0. The van der Waals surface area contributed by atoms with Crippen molar-refractivity contribution in [3.05, 3.63) is 18.0 Å². The number of aromatic nitrogens is 2. The summed E-state index contributed by atoms with van der Waals surface area (Å²) in [6.07, 6.45) is 5.46. The molecular weight excluding hydrogens is 180 g/mol. The summed E-state index contributed by atoms with van der Waals surface area (Å²) in [4.78, 5) is 11.3. The van der Waals surface area contributed by atoms with Gasteiger partial charge in [-0.3, -0.25) is 4.68 Å². The molecule has 0 aliphatic heterocycles. The topological polar surface area (TPSA) is 44.1 Å². The van der Waals surface area contributed by atoms with E-state index in [9.17, 15) is 4.79 Å². The zero-order valence-electron chi connectivity index (χ0n) is 8.27. The summed E-state index contributed by atoms with van der Waals surface area (Å²) in [7, 11) is 0. The molecule has 1 fully saturated rings. The van der Waals surface area contributed by atoms with E-state index in [0.717, 1.165) is 0 Å². The van der Waals surface area contributed by atoms with E-state index < -0.39 is 0 Å². The van der Waals surface area contributed by atoms with Gasteiger partial charge in [0.1, 0.15) is 0 Å². The van der Waals surface area contributed by atoms with Crippen molar-refractivity contribution in [3.63, 3.8) is 0 Å². The van der Waals surface area contributed by atoms with Crippen molar-refractivity contribution in [1.29, 1.82) is 0 Å². The van der Waals surface area contributed by atoms with Gasteiger partial charge in [-0.05, 0) is 32.3 Å². The largest absolute Gasteiger partial charge is 0.461 e. The van der Waals surface area contributed by atoms with E-state index in [4.69, 9.17) is 4.74 Å². The summed E-state index contributed by atoms with van der Waals surface area (Å²) >= 11 is 0. The maximum atomic E-state index is 11.3. The first kappa shape index (κ1) is 9.24. The number of esters is 1. The molecule has 0 bridgehead atoms. The highest BCUT2D eigenvalue weighted by Crippen LogP contribution is 2.30. The van der Waals surface area contributed by atoms with Crippen LogP contribution in [0.1, 0.15) is 42.7 Å². The van der Waals surface area contributed by atoms with E-state index in [1.807, 2.05) is 10.9 Å². The van der Waals surface area contributed by atoms with E-state index in [1.54, 1.807) is 13.0 Å². The highest BCUT2D eigenvalue weighted by molar-refractivity contribution is 5.86. The lowest BCUT2D eigenvalue weighted by Crippen LogP contribution is -2.18. The van der Waals surface area contributed by atoms with E-state index >= 15 is 0 Å². The molecule has 1 aromatic rings. The number of rotatable bonds is 3. The molecule has 0 spiro atoms. The Kier molecular flexibility index (Phi) is 2.52. The molecule has 0 N–H and O–H groups in total. The standard InChI is InChI=1S/C10H14N2O2/c1-2-14-10(13)9-6-7-12(11-9)8-4-3-5-8/h6-8H,2-5H2,1H3. The molecule has 4 heteroatoms. The summed E-state index contributed by atoms with van der Waals surface area (Å²) in [6.45, 7) is 2.19. The minimum atomic E-state index is -0.328. The van der Waals surface area contributed by atoms with Gasteiger partial charge in [-0.2, -0.15) is 5.10 Å². The van der Waals surface area contributed by atoms with E-state index in [2.05, 4.69) is 5.10 Å². The number of carbonyl (C=O) groups excluding carboxylic acids is 1. The molecule has 1 saturated carbocycles. The van der Waals surface area contributed by atoms with Gasteiger partial charge >= 0.3 is 5.97 Å². The van der Waals surface area contributed by atoms with Crippen LogP contribution in [-0.2, 0) is 4.74 Å². The molecule has 1 aliphatic rings. The third-order valence-electron chi connectivity index (χ3n) is 2.54. The zero-order valence-corrected chi connectivity index (χ0v) is 8.27. The number of hydrogen-bond acceptors (Lipinski definition) is 3. The van der Waals surface area contributed by atoms with Crippen molar-refractivity contribution in [2.45, 2.75) is 32.2 Å². The highest BCUT2D eigenvalue weighted by atomic mass is 16.5. The van der Waals surface area contributed by atoms with Crippen LogP contribution in [0, 0.1) is 0 Å². The first-order valence-electron chi connectivity index (χ1n) is 5.03. The minimum absolute atomic E-state index is 0.328. The smallest absolute Gasteiger partial charge is 0.358 e. The number of ether oxygens (including phenoxy) is 1. The SMILES string of the molecule is CCOC(=O)c1ccn(C2CCC2)n1. The van der Waals surface area contributed by atoms with Gasteiger partial charge in [0.15, 0.2) is 5.69 Å². The van der Waals surface area contributed by atoms with Gasteiger partial charge in [-0.25, -0.2) is 4.79 Å². The van der Waals surface area contributed by atoms with Crippen LogP contribution in [0.25, 0.3) is 0 Å². The van der Waals surface area contributed by atoms with Crippen LogP contribution >= 0.6 is 0 Å². The van der Waals surface area contributed by atoms with Crippen molar-refractivity contribution < 1.29 is 9.53 Å². The molecule has 0 amide bonds. The van der Waals surface area contributed by atoms with Gasteiger partial charge in [0.2, 0.25) is 0 Å². The monoisotopic (exact) mass is 194 g/mol. The van der Waals surface area contributed by atoms with Crippen molar-refractivity contribution in [2.24, 2.45) is 0 Å². The molecule has 0 saturated heterocycles. The summed E-state index contributed by atoms with van der Waals surface area (Å²) in [5, 5.41) is 4.19. The lowest BCUT2D eigenvalue weighted by atomic mass is 9.93. The van der Waals surface area contributed by atoms with Crippen LogP contribution in [-0.4, -0.2) is 22.4 Å². The molecule has 2 rings (SSSR count). The Labute approximate surface area is 82.9 Å². The van der Waals surface area contributed by atoms with Crippen LogP contribution in [0.4, 0.5) is 0 Å². The quantitative estimate of drug-likeness (QED) is 0.689. The van der Waals surface area contributed by atoms with Gasteiger partial charge in [0, 0.05) is 6.20 Å². The second kappa shape index (κ2) is 3.82. The van der Waals surface area contributed by atoms with Crippen molar-refractivity contribution in [2.75, 3.05) is 6.61 Å². The molecule has 1 heterocycles. The fourth-order valence-electron chi connectivity index (χ4n) is 1.51. The van der Waals surface area contributed by atoms with Crippen LogP contribution < -0.4 is 0 Å². The van der Waals surface area contributed by atoms with Crippen LogP contribution in [0.15, 0.2) is 12.3 Å². The van der Waals surface area contributed by atoms with Crippen LogP contribution in [0.5, 0.6) is 0 Å². The second-order valence-corrected chi connectivity index (χ2v) is 3.49. The van der Waals surface area contributed by atoms with Crippen molar-refractivity contribution in [3.8, 4) is 0 Å². The normalized spacial score (nSPS) is 16.4. The Morgan fingerprint density at radius 3 is 3.07 bits per heavy atom. The first-order valence-corrected chi connectivity index (χ1v) is 5.03. The van der Waals surface area contributed by atoms with E-state index in [-0.39, 0.29) is 5.97 Å². The zero-order chi connectivity index (χ0) is 9.97. The van der Waals surface area contributed by atoms with Gasteiger partial charge < -0.3 is 4.74 Å². The maximum Gasteiger partial charge on any atom is 0.358 e. The molecule has 14 heavy (non-hydrogen) atoms. The average molecular weight is 194 g/mol. The minimum Gasteiger partial charge on any atom is -0.461 e. The Morgan fingerprint density at radius 2 is 2.50 bits per heavy atom. The van der Waals surface area contributed by atoms with Crippen LogP contribution in [0.2, 0.25) is 0 Å². The lowest BCUT2D eigenvalue weighted by molar-refractivity contribution is 0.0517. The predicted molar refractivity (Wildman–Crippen MR) is 51.1 cm³/mol. The van der Waals surface area contributed by atoms with E-state index in [0.29, 0.717) is 18.3 Å². The first-order chi connectivity index (χ1) is 6.81. The Morgan fingerprint density at radius 1 is 1.71 bits per heavy atom. The third kappa shape index (κ3) is 1.64. The number of carbonyl (C=O) groups is 1. The highest BCUT2D eigenvalue weighted by Gasteiger charge is 2.21. The van der Waals surface area contributed by atoms with Gasteiger partial charge in [0.05, 0.1) is 12.6 Å². The molecule has 0 radical (unpaired) electrons. The summed E-state index contributed by atoms with van der Waals surface area (Å²) in [5.74, 6) is -0.328. The third-order valence-corrected chi connectivity index (χ3v) is 2.54. The summed E-state index contributed by atoms with van der Waals surface area (Å²) < 4.78 is 6.73. The van der Waals surface area contributed by atoms with Gasteiger partial charge in [0.25, 0.3) is 0 Å². The van der Waals surface area contributed by atoms with Gasteiger partial charge in [-0.1, -0.05) is 0 Å². The summed E-state index contributed by atoms with van der Waals surface area (Å²) in [6, 6.07) is 2.22. The average Bonchev–Trinajstić information content (AvgIpc) is 2.50. The van der Waals surface area contributed by atoms with Crippen molar-refractivity contribution >= 4 is 5.97 Å². The fourth-order valence-corrected chi connectivity index (χ4v) is 1.51. The van der Waals surface area contributed by atoms with Gasteiger partial charge in [-0.15, -0.1) is 0 Å². The molecule has 1 aromatic heterocycles.